The molecule has 2 fully saturated rings. The fourth-order valence-corrected chi connectivity index (χ4v) is 5.90. The van der Waals surface area contributed by atoms with Gasteiger partial charge in [0, 0.05) is 32.4 Å². The van der Waals surface area contributed by atoms with Crippen molar-refractivity contribution in [2.45, 2.75) is 44.9 Å². The maximum absolute atomic E-state index is 12.8. The van der Waals surface area contributed by atoms with Crippen molar-refractivity contribution in [3.05, 3.63) is 35.7 Å². The van der Waals surface area contributed by atoms with Crippen LogP contribution < -0.4 is 0 Å². The highest BCUT2D eigenvalue weighted by Gasteiger charge is 2.29. The second-order valence-corrected chi connectivity index (χ2v) is 9.93. The normalized spacial score (nSPS) is 19.5. The van der Waals surface area contributed by atoms with Gasteiger partial charge in [-0.05, 0) is 55.7 Å². The van der Waals surface area contributed by atoms with Crippen LogP contribution in [0, 0.1) is 0 Å². The number of carbonyl (C=O) groups is 1. The standard InChI is InChI=1S/C20H28N4O3S/c1-2-13-28(26,27)23-10-5-16(6-11-23)17-7-12-24-19(14-17)18(15-21-24)20(25)22-8-3-4-9-22/h7,12,14-16H,2-6,8-11,13H2,1H3. The molecule has 7 nitrogen and oxygen atoms in total. The molecule has 0 radical (unpaired) electrons. The second-order valence-electron chi connectivity index (χ2n) is 7.84. The summed E-state index contributed by atoms with van der Waals surface area (Å²) in [5.41, 5.74) is 2.66. The number of amides is 1. The molecule has 0 N–H and O–H groups in total. The first-order valence-corrected chi connectivity index (χ1v) is 11.8. The van der Waals surface area contributed by atoms with Gasteiger partial charge in [-0.2, -0.15) is 5.10 Å². The van der Waals surface area contributed by atoms with Gasteiger partial charge in [0.25, 0.3) is 5.91 Å². The summed E-state index contributed by atoms with van der Waals surface area (Å²) in [6, 6.07) is 4.11. The highest BCUT2D eigenvalue weighted by Crippen LogP contribution is 2.30. The van der Waals surface area contributed by atoms with Crippen molar-refractivity contribution in [1.29, 1.82) is 0 Å². The molecule has 2 saturated heterocycles. The van der Waals surface area contributed by atoms with E-state index in [4.69, 9.17) is 0 Å². The summed E-state index contributed by atoms with van der Waals surface area (Å²) in [4.78, 5) is 14.7. The highest BCUT2D eigenvalue weighted by molar-refractivity contribution is 7.89. The molecule has 0 saturated carbocycles. The summed E-state index contributed by atoms with van der Waals surface area (Å²) in [6.45, 7) is 4.67. The van der Waals surface area contributed by atoms with Crippen molar-refractivity contribution in [1.82, 2.24) is 18.8 Å². The van der Waals surface area contributed by atoms with Gasteiger partial charge in [-0.1, -0.05) is 6.92 Å². The number of piperidine rings is 1. The molecule has 0 unspecified atom stereocenters. The van der Waals surface area contributed by atoms with Crippen molar-refractivity contribution in [2.75, 3.05) is 31.9 Å². The zero-order chi connectivity index (χ0) is 19.7. The Kier molecular flexibility index (Phi) is 5.42. The number of nitrogens with zero attached hydrogens (tertiary/aromatic N) is 4. The molecule has 4 heterocycles. The number of carbonyl (C=O) groups excluding carboxylic acids is 1. The Labute approximate surface area is 166 Å². The van der Waals surface area contributed by atoms with Crippen LogP contribution >= 0.6 is 0 Å². The predicted molar refractivity (Wildman–Crippen MR) is 108 cm³/mol. The van der Waals surface area contributed by atoms with E-state index in [1.54, 1.807) is 15.0 Å². The minimum atomic E-state index is -3.12. The Morgan fingerprint density at radius 3 is 2.57 bits per heavy atom. The lowest BCUT2D eigenvalue weighted by Crippen LogP contribution is -2.39. The van der Waals surface area contributed by atoms with Crippen LogP contribution in [0.5, 0.6) is 0 Å². The average Bonchev–Trinajstić information content (AvgIpc) is 3.37. The van der Waals surface area contributed by atoms with Crippen LogP contribution in [0.1, 0.15) is 60.9 Å². The molecule has 0 bridgehead atoms. The lowest BCUT2D eigenvalue weighted by molar-refractivity contribution is 0.0794. The topological polar surface area (TPSA) is 75.0 Å². The van der Waals surface area contributed by atoms with Gasteiger partial charge in [0.1, 0.15) is 0 Å². The lowest BCUT2D eigenvalue weighted by atomic mass is 9.90. The van der Waals surface area contributed by atoms with E-state index < -0.39 is 10.0 Å². The van der Waals surface area contributed by atoms with Gasteiger partial charge in [-0.3, -0.25) is 4.79 Å². The molecular weight excluding hydrogens is 376 g/mol. The molecule has 4 rings (SSSR count). The van der Waals surface area contributed by atoms with Crippen LogP contribution in [0.2, 0.25) is 0 Å². The average molecular weight is 405 g/mol. The third kappa shape index (κ3) is 3.67. The molecule has 28 heavy (non-hydrogen) atoms. The maximum atomic E-state index is 12.8. The first-order valence-electron chi connectivity index (χ1n) is 10.2. The van der Waals surface area contributed by atoms with Gasteiger partial charge < -0.3 is 4.90 Å². The van der Waals surface area contributed by atoms with E-state index in [-0.39, 0.29) is 11.7 Å². The van der Waals surface area contributed by atoms with Crippen molar-refractivity contribution < 1.29 is 13.2 Å². The molecule has 8 heteroatoms. The zero-order valence-corrected chi connectivity index (χ0v) is 17.2. The molecule has 2 aromatic rings. The fraction of sp³-hybridized carbons (Fsp3) is 0.600. The number of pyridine rings is 1. The van der Waals surface area contributed by atoms with Crippen molar-refractivity contribution in [3.63, 3.8) is 0 Å². The van der Waals surface area contributed by atoms with Crippen molar-refractivity contribution in [3.8, 4) is 0 Å². The number of hydrogen-bond acceptors (Lipinski definition) is 4. The first kappa shape index (κ1) is 19.4. The van der Waals surface area contributed by atoms with Crippen LogP contribution in [-0.2, 0) is 10.0 Å². The number of rotatable bonds is 5. The first-order chi connectivity index (χ1) is 13.5. The van der Waals surface area contributed by atoms with Crippen LogP contribution in [-0.4, -0.2) is 65.1 Å². The highest BCUT2D eigenvalue weighted by atomic mass is 32.2. The number of aromatic nitrogens is 2. The Balaban J connectivity index is 1.52. The van der Waals surface area contributed by atoms with Gasteiger partial charge in [0.15, 0.2) is 0 Å². The van der Waals surface area contributed by atoms with Gasteiger partial charge in [0.2, 0.25) is 10.0 Å². The van der Waals surface area contributed by atoms with Crippen LogP contribution in [0.3, 0.4) is 0 Å². The summed E-state index contributed by atoms with van der Waals surface area (Å²) >= 11 is 0. The van der Waals surface area contributed by atoms with Gasteiger partial charge in [-0.15, -0.1) is 0 Å². The van der Waals surface area contributed by atoms with E-state index in [0.29, 0.717) is 31.0 Å². The minimum absolute atomic E-state index is 0.0603. The summed E-state index contributed by atoms with van der Waals surface area (Å²) < 4.78 is 28.0. The number of fused-ring (bicyclic) bond motifs is 1. The van der Waals surface area contributed by atoms with E-state index in [9.17, 15) is 13.2 Å². The second kappa shape index (κ2) is 7.83. The molecule has 152 valence electrons. The molecule has 2 aliphatic rings. The molecule has 1 amide bonds. The lowest BCUT2D eigenvalue weighted by Gasteiger charge is -2.31. The van der Waals surface area contributed by atoms with E-state index in [2.05, 4.69) is 11.2 Å². The summed E-state index contributed by atoms with van der Waals surface area (Å²) in [7, 11) is -3.12. The number of likely N-dealkylation sites (tertiary alicyclic amines) is 1. The van der Waals surface area contributed by atoms with Gasteiger partial charge in [0.05, 0.1) is 23.0 Å². The Bertz CT molecular complexity index is 955. The Hall–Kier alpha value is -1.93. The van der Waals surface area contributed by atoms with Crippen LogP contribution in [0.4, 0.5) is 0 Å². The van der Waals surface area contributed by atoms with Crippen molar-refractivity contribution >= 4 is 21.4 Å². The number of sulfonamides is 1. The van der Waals surface area contributed by atoms with Crippen LogP contribution in [0.15, 0.2) is 24.5 Å². The number of hydrogen-bond donors (Lipinski definition) is 0. The van der Waals surface area contributed by atoms with E-state index in [0.717, 1.165) is 49.9 Å². The SMILES string of the molecule is CCCS(=O)(=O)N1CCC(c2ccn3ncc(C(=O)N4CCCC4)c3c2)CC1. The van der Waals surface area contributed by atoms with E-state index in [1.807, 2.05) is 24.1 Å². The fourth-order valence-electron chi connectivity index (χ4n) is 4.36. The molecule has 2 aliphatic heterocycles. The minimum Gasteiger partial charge on any atom is -0.339 e. The van der Waals surface area contributed by atoms with Crippen molar-refractivity contribution in [2.24, 2.45) is 0 Å². The summed E-state index contributed by atoms with van der Waals surface area (Å²) in [6.07, 6.45) is 7.97. The van der Waals surface area contributed by atoms with E-state index in [1.165, 1.54) is 0 Å². The Morgan fingerprint density at radius 2 is 1.89 bits per heavy atom. The smallest absolute Gasteiger partial charge is 0.257 e. The van der Waals surface area contributed by atoms with Gasteiger partial charge >= 0.3 is 0 Å². The molecule has 0 spiro atoms. The summed E-state index contributed by atoms with van der Waals surface area (Å²) in [5, 5.41) is 4.34. The Morgan fingerprint density at radius 1 is 1.18 bits per heavy atom. The molecule has 0 atom stereocenters. The quantitative estimate of drug-likeness (QED) is 0.767. The van der Waals surface area contributed by atoms with E-state index >= 15 is 0 Å². The molecule has 2 aromatic heterocycles. The zero-order valence-electron chi connectivity index (χ0n) is 16.4. The third-order valence-electron chi connectivity index (χ3n) is 5.95. The molecular formula is C20H28N4O3S. The maximum Gasteiger partial charge on any atom is 0.257 e. The van der Waals surface area contributed by atoms with Crippen LogP contribution in [0.25, 0.3) is 5.52 Å². The molecule has 0 aliphatic carbocycles. The monoisotopic (exact) mass is 404 g/mol. The molecule has 0 aromatic carbocycles. The summed E-state index contributed by atoms with van der Waals surface area (Å²) in [5.74, 6) is 0.592. The largest absolute Gasteiger partial charge is 0.339 e. The van der Waals surface area contributed by atoms with Gasteiger partial charge in [-0.25, -0.2) is 17.2 Å². The third-order valence-corrected chi connectivity index (χ3v) is 8.03. The predicted octanol–water partition coefficient (Wildman–Crippen LogP) is 2.49.